The Balaban J connectivity index is 3.22. The minimum Gasteiger partial charge on any atom is -0.198 e. The third-order valence-electron chi connectivity index (χ3n) is 2.64. The van der Waals surface area contributed by atoms with Gasteiger partial charge in [-0.15, -0.1) is 17.9 Å². The van der Waals surface area contributed by atoms with Crippen LogP contribution in [0, 0.1) is 39.4 Å². The van der Waals surface area contributed by atoms with Crippen molar-refractivity contribution in [2.75, 3.05) is 0 Å². The van der Waals surface area contributed by atoms with Crippen molar-refractivity contribution in [2.24, 2.45) is 5.41 Å². The molecule has 1 heterocycles. The van der Waals surface area contributed by atoms with E-state index in [1.54, 1.807) is 6.08 Å². The molecular formula is C13H11N3S. The second-order valence-corrected chi connectivity index (χ2v) is 4.60. The van der Waals surface area contributed by atoms with E-state index in [1.165, 1.54) is 11.3 Å². The van der Waals surface area contributed by atoms with Crippen LogP contribution < -0.4 is 0 Å². The molecule has 0 amide bonds. The molecule has 0 radical (unpaired) electrons. The molecule has 0 aliphatic rings. The second kappa shape index (κ2) is 5.85. The molecule has 0 N–H and O–H groups in total. The normalized spacial score (nSPS) is 11.8. The van der Waals surface area contributed by atoms with E-state index < -0.39 is 5.41 Å². The van der Waals surface area contributed by atoms with Crippen molar-refractivity contribution < 1.29 is 0 Å². The molecule has 1 aromatic rings. The van der Waals surface area contributed by atoms with Gasteiger partial charge in [-0.2, -0.15) is 15.8 Å². The number of rotatable bonds is 5. The average molecular weight is 241 g/mol. The minimum atomic E-state index is -1.19. The summed E-state index contributed by atoms with van der Waals surface area (Å²) >= 11 is 1.47. The van der Waals surface area contributed by atoms with Gasteiger partial charge in [0, 0.05) is 17.2 Å². The topological polar surface area (TPSA) is 71.4 Å². The van der Waals surface area contributed by atoms with E-state index in [9.17, 15) is 10.5 Å². The average Bonchev–Trinajstić information content (AvgIpc) is 2.87. The van der Waals surface area contributed by atoms with Crippen molar-refractivity contribution in [3.8, 4) is 18.2 Å². The van der Waals surface area contributed by atoms with Crippen LogP contribution in [0.2, 0.25) is 0 Å². The molecule has 0 spiro atoms. The molecular weight excluding hydrogens is 230 g/mol. The lowest BCUT2D eigenvalue weighted by atomic mass is 9.73. The lowest BCUT2D eigenvalue weighted by Crippen LogP contribution is -2.24. The highest BCUT2D eigenvalue weighted by Crippen LogP contribution is 2.42. The van der Waals surface area contributed by atoms with Gasteiger partial charge in [0.25, 0.3) is 0 Å². The molecule has 84 valence electrons. The predicted molar refractivity (Wildman–Crippen MR) is 65.8 cm³/mol. The molecule has 3 nitrogen and oxygen atoms in total. The lowest BCUT2D eigenvalue weighted by Gasteiger charge is -2.25. The monoisotopic (exact) mass is 241 g/mol. The molecule has 1 atom stereocenters. The highest BCUT2D eigenvalue weighted by molar-refractivity contribution is 7.10. The fraction of sp³-hybridized carbons (Fsp3) is 0.308. The maximum atomic E-state index is 9.28. The van der Waals surface area contributed by atoms with Crippen LogP contribution in [0.25, 0.3) is 0 Å². The van der Waals surface area contributed by atoms with Crippen LogP contribution in [0.1, 0.15) is 23.6 Å². The molecule has 0 aliphatic carbocycles. The van der Waals surface area contributed by atoms with E-state index in [-0.39, 0.29) is 18.8 Å². The van der Waals surface area contributed by atoms with Crippen LogP contribution >= 0.6 is 11.3 Å². The Labute approximate surface area is 105 Å². The number of hydrogen-bond donors (Lipinski definition) is 0. The van der Waals surface area contributed by atoms with Crippen LogP contribution in [0.5, 0.6) is 0 Å². The Morgan fingerprint density at radius 1 is 1.41 bits per heavy atom. The van der Waals surface area contributed by atoms with E-state index in [0.717, 1.165) is 4.88 Å². The summed E-state index contributed by atoms with van der Waals surface area (Å²) in [5.41, 5.74) is -1.19. The molecule has 0 bridgehead atoms. The second-order valence-electron chi connectivity index (χ2n) is 3.62. The summed E-state index contributed by atoms with van der Waals surface area (Å²) in [7, 11) is 0. The zero-order chi connectivity index (χ0) is 12.7. The standard InChI is InChI=1S/C13H11N3S/c1-2-6-13(9-15,10-16)11(5-7-14)12-4-3-8-17-12/h2-4,8,11H,1,5-6H2. The largest absolute Gasteiger partial charge is 0.198 e. The molecule has 0 saturated heterocycles. The first-order valence-corrected chi connectivity index (χ1v) is 5.95. The van der Waals surface area contributed by atoms with E-state index in [2.05, 4.69) is 24.8 Å². The van der Waals surface area contributed by atoms with Crippen LogP contribution in [0.3, 0.4) is 0 Å². The van der Waals surface area contributed by atoms with Gasteiger partial charge < -0.3 is 0 Å². The summed E-state index contributed by atoms with van der Waals surface area (Å²) < 4.78 is 0. The van der Waals surface area contributed by atoms with Crippen LogP contribution in [0.4, 0.5) is 0 Å². The van der Waals surface area contributed by atoms with Crippen molar-refractivity contribution in [3.05, 3.63) is 35.0 Å². The summed E-state index contributed by atoms with van der Waals surface area (Å²) in [6.07, 6.45) is 1.99. The Bertz CT molecular complexity index is 482. The molecule has 17 heavy (non-hydrogen) atoms. The number of allylic oxidation sites excluding steroid dienone is 1. The first-order valence-electron chi connectivity index (χ1n) is 5.08. The smallest absolute Gasteiger partial charge is 0.155 e. The first kappa shape index (κ1) is 13.0. The zero-order valence-electron chi connectivity index (χ0n) is 9.26. The van der Waals surface area contributed by atoms with Gasteiger partial charge in [0.2, 0.25) is 0 Å². The van der Waals surface area contributed by atoms with Gasteiger partial charge in [0.15, 0.2) is 5.41 Å². The van der Waals surface area contributed by atoms with Crippen LogP contribution in [-0.4, -0.2) is 0 Å². The van der Waals surface area contributed by atoms with Gasteiger partial charge in [-0.3, -0.25) is 0 Å². The van der Waals surface area contributed by atoms with E-state index in [4.69, 9.17) is 5.26 Å². The fourth-order valence-electron chi connectivity index (χ4n) is 1.74. The number of nitrogens with zero attached hydrogens (tertiary/aromatic N) is 3. The van der Waals surface area contributed by atoms with Crippen molar-refractivity contribution >= 4 is 11.3 Å². The number of thiophene rings is 1. The van der Waals surface area contributed by atoms with Gasteiger partial charge in [0.05, 0.1) is 18.2 Å². The molecule has 4 heteroatoms. The third-order valence-corrected chi connectivity index (χ3v) is 3.63. The van der Waals surface area contributed by atoms with Crippen LogP contribution in [0.15, 0.2) is 30.2 Å². The predicted octanol–water partition coefficient (Wildman–Crippen LogP) is 3.36. The molecule has 1 aromatic heterocycles. The minimum absolute atomic E-state index is 0.162. The Morgan fingerprint density at radius 3 is 2.53 bits per heavy atom. The van der Waals surface area contributed by atoms with E-state index >= 15 is 0 Å². The van der Waals surface area contributed by atoms with Crippen molar-refractivity contribution in [3.63, 3.8) is 0 Å². The molecule has 0 saturated carbocycles. The SMILES string of the molecule is C=CCC(C#N)(C#N)C(CC#N)c1cccs1. The van der Waals surface area contributed by atoms with Gasteiger partial charge in [-0.05, 0) is 17.9 Å². The summed E-state index contributed by atoms with van der Waals surface area (Å²) in [6.45, 7) is 3.58. The summed E-state index contributed by atoms with van der Waals surface area (Å²) in [5.74, 6) is -0.375. The Kier molecular flexibility index (Phi) is 4.46. The number of nitriles is 3. The van der Waals surface area contributed by atoms with Gasteiger partial charge in [-0.25, -0.2) is 0 Å². The molecule has 1 unspecified atom stereocenters. The van der Waals surface area contributed by atoms with Crippen molar-refractivity contribution in [2.45, 2.75) is 18.8 Å². The summed E-state index contributed by atoms with van der Waals surface area (Å²) in [6, 6.07) is 9.90. The summed E-state index contributed by atoms with van der Waals surface area (Å²) in [5, 5.41) is 29.3. The Hall–Kier alpha value is -2.09. The van der Waals surface area contributed by atoms with Gasteiger partial charge >= 0.3 is 0 Å². The summed E-state index contributed by atoms with van der Waals surface area (Å²) in [4.78, 5) is 0.900. The van der Waals surface area contributed by atoms with Crippen molar-refractivity contribution in [1.82, 2.24) is 0 Å². The van der Waals surface area contributed by atoms with Gasteiger partial charge in [-0.1, -0.05) is 12.1 Å². The molecule has 1 rings (SSSR count). The highest BCUT2D eigenvalue weighted by atomic mass is 32.1. The maximum absolute atomic E-state index is 9.28. The maximum Gasteiger partial charge on any atom is 0.155 e. The lowest BCUT2D eigenvalue weighted by molar-refractivity contribution is 0.423. The van der Waals surface area contributed by atoms with E-state index in [0.29, 0.717) is 0 Å². The third kappa shape index (κ3) is 2.53. The molecule has 0 aliphatic heterocycles. The number of hydrogen-bond acceptors (Lipinski definition) is 4. The quantitative estimate of drug-likeness (QED) is 0.742. The molecule has 0 aromatic carbocycles. The zero-order valence-corrected chi connectivity index (χ0v) is 10.1. The van der Waals surface area contributed by atoms with Crippen LogP contribution in [-0.2, 0) is 0 Å². The Morgan fingerprint density at radius 2 is 2.12 bits per heavy atom. The molecule has 0 fully saturated rings. The highest BCUT2D eigenvalue weighted by Gasteiger charge is 2.40. The van der Waals surface area contributed by atoms with Gasteiger partial charge in [0.1, 0.15) is 0 Å². The van der Waals surface area contributed by atoms with Crippen molar-refractivity contribution in [1.29, 1.82) is 15.8 Å². The first-order chi connectivity index (χ1) is 8.24. The van der Waals surface area contributed by atoms with E-state index in [1.807, 2.05) is 17.5 Å². The fourth-order valence-corrected chi connectivity index (χ4v) is 2.66.